The molecule has 0 saturated heterocycles. The predicted octanol–water partition coefficient (Wildman–Crippen LogP) is 5.67. The topological polar surface area (TPSA) is 17.1 Å². The van der Waals surface area contributed by atoms with Gasteiger partial charge in [-0.3, -0.25) is 4.79 Å². The molecule has 4 rings (SSSR count). The molecule has 0 aliphatic heterocycles. The number of carbonyl (C=O) groups is 1. The number of hydrogen-bond donors (Lipinski definition) is 0. The third-order valence-electron chi connectivity index (χ3n) is 4.07. The molecule has 0 bridgehead atoms. The molecule has 0 spiro atoms. The van der Waals surface area contributed by atoms with E-state index in [4.69, 9.17) is 0 Å². The van der Waals surface area contributed by atoms with Crippen LogP contribution in [0.15, 0.2) is 66.7 Å². The van der Waals surface area contributed by atoms with Gasteiger partial charge in [-0.25, -0.2) is 0 Å². The van der Waals surface area contributed by atoms with Crippen LogP contribution in [0.1, 0.15) is 22.5 Å². The number of thiophene rings is 1. The maximum Gasteiger partial charge on any atom is 0.175 e. The molecule has 1 aromatic heterocycles. The average molecular weight is 304 g/mol. The quantitative estimate of drug-likeness (QED) is 0.567. The minimum Gasteiger partial charge on any atom is -0.293 e. The molecule has 0 atom stereocenters. The van der Waals surface area contributed by atoms with Crippen molar-refractivity contribution in [1.29, 1.82) is 0 Å². The Kier molecular flexibility index (Phi) is 3.39. The van der Waals surface area contributed by atoms with E-state index in [1.807, 2.05) is 12.1 Å². The number of ketones is 1. The maximum absolute atomic E-state index is 12.1. The van der Waals surface area contributed by atoms with Crippen molar-refractivity contribution in [2.75, 3.05) is 0 Å². The van der Waals surface area contributed by atoms with Crippen LogP contribution in [0.2, 0.25) is 0 Å². The maximum atomic E-state index is 12.1. The second kappa shape index (κ2) is 5.54. The fourth-order valence-corrected chi connectivity index (χ4v) is 3.66. The molecule has 0 N–H and O–H groups in total. The van der Waals surface area contributed by atoms with Gasteiger partial charge >= 0.3 is 0 Å². The SMILES string of the molecule is O=C(c1ccc(-c2ccc(-c3ccccc3)cc2)s1)C1CC1. The van der Waals surface area contributed by atoms with Crippen molar-refractivity contribution in [3.8, 4) is 21.6 Å². The lowest BCUT2D eigenvalue weighted by Crippen LogP contribution is -1.96. The lowest BCUT2D eigenvalue weighted by atomic mass is 10.0. The molecule has 1 aliphatic carbocycles. The second-order valence-corrected chi connectivity index (χ2v) is 6.83. The van der Waals surface area contributed by atoms with Crippen LogP contribution in [0.25, 0.3) is 21.6 Å². The average Bonchev–Trinajstić information content (AvgIpc) is 3.32. The molecule has 108 valence electrons. The van der Waals surface area contributed by atoms with Crippen molar-refractivity contribution in [2.24, 2.45) is 5.92 Å². The van der Waals surface area contributed by atoms with Crippen LogP contribution in [0.3, 0.4) is 0 Å². The predicted molar refractivity (Wildman–Crippen MR) is 92.2 cm³/mol. The highest BCUT2D eigenvalue weighted by atomic mass is 32.1. The molecule has 3 aromatic rings. The zero-order valence-corrected chi connectivity index (χ0v) is 13.0. The Morgan fingerprint density at radius 2 is 1.41 bits per heavy atom. The van der Waals surface area contributed by atoms with Gasteiger partial charge in [0.2, 0.25) is 0 Å². The minimum atomic E-state index is 0.298. The Morgan fingerprint density at radius 3 is 2.09 bits per heavy atom. The van der Waals surface area contributed by atoms with Crippen molar-refractivity contribution in [2.45, 2.75) is 12.8 Å². The number of carbonyl (C=O) groups excluding carboxylic acids is 1. The summed E-state index contributed by atoms with van der Waals surface area (Å²) in [4.78, 5) is 14.2. The molecule has 2 heteroatoms. The summed E-state index contributed by atoms with van der Waals surface area (Å²) in [5.74, 6) is 0.629. The van der Waals surface area contributed by atoms with Gasteiger partial charge in [-0.1, -0.05) is 54.6 Å². The normalized spacial score (nSPS) is 14.0. The molecule has 1 aliphatic rings. The van der Waals surface area contributed by atoms with Crippen molar-refractivity contribution < 1.29 is 4.79 Å². The summed E-state index contributed by atoms with van der Waals surface area (Å²) >= 11 is 1.61. The highest BCUT2D eigenvalue weighted by Crippen LogP contribution is 2.37. The molecular weight excluding hydrogens is 288 g/mol. The summed E-state index contributed by atoms with van der Waals surface area (Å²) in [5, 5.41) is 0. The Balaban J connectivity index is 1.59. The summed E-state index contributed by atoms with van der Waals surface area (Å²) in [6, 6.07) is 23.0. The van der Waals surface area contributed by atoms with Crippen LogP contribution in [-0.4, -0.2) is 5.78 Å². The monoisotopic (exact) mass is 304 g/mol. The van der Waals surface area contributed by atoms with Gasteiger partial charge in [-0.05, 0) is 41.7 Å². The van der Waals surface area contributed by atoms with Crippen molar-refractivity contribution >= 4 is 17.1 Å². The van der Waals surface area contributed by atoms with E-state index in [1.165, 1.54) is 21.6 Å². The van der Waals surface area contributed by atoms with E-state index in [0.717, 1.165) is 17.7 Å². The number of benzene rings is 2. The second-order valence-electron chi connectivity index (χ2n) is 5.75. The molecule has 0 unspecified atom stereocenters. The van der Waals surface area contributed by atoms with Crippen LogP contribution in [-0.2, 0) is 0 Å². The highest BCUT2D eigenvalue weighted by molar-refractivity contribution is 7.17. The summed E-state index contributed by atoms with van der Waals surface area (Å²) in [6.07, 6.45) is 2.13. The first-order chi connectivity index (χ1) is 10.8. The fraction of sp³-hybridized carbons (Fsp3) is 0.150. The smallest absolute Gasteiger partial charge is 0.175 e. The summed E-state index contributed by atoms with van der Waals surface area (Å²) in [7, 11) is 0. The van der Waals surface area contributed by atoms with E-state index in [1.54, 1.807) is 11.3 Å². The first-order valence-electron chi connectivity index (χ1n) is 7.61. The molecule has 1 saturated carbocycles. The number of Topliss-reactive ketones (excluding diaryl/α,β-unsaturated/α-hetero) is 1. The molecule has 2 aromatic carbocycles. The van der Waals surface area contributed by atoms with Gasteiger partial charge in [0.05, 0.1) is 4.88 Å². The number of hydrogen-bond acceptors (Lipinski definition) is 2. The van der Waals surface area contributed by atoms with Crippen LogP contribution in [0.4, 0.5) is 0 Å². The largest absolute Gasteiger partial charge is 0.293 e. The Morgan fingerprint density at radius 1 is 0.773 bits per heavy atom. The highest BCUT2D eigenvalue weighted by Gasteiger charge is 2.31. The van der Waals surface area contributed by atoms with E-state index < -0.39 is 0 Å². The minimum absolute atomic E-state index is 0.298. The Hall–Kier alpha value is -2.19. The van der Waals surface area contributed by atoms with Gasteiger partial charge in [0.1, 0.15) is 0 Å². The summed E-state index contributed by atoms with van der Waals surface area (Å²) in [6.45, 7) is 0. The summed E-state index contributed by atoms with van der Waals surface area (Å²) in [5.41, 5.74) is 3.62. The Labute approximate surface area is 134 Å². The lowest BCUT2D eigenvalue weighted by Gasteiger charge is -2.03. The standard InChI is InChI=1S/C20H16OS/c21-20(17-10-11-17)19-13-12-18(22-19)16-8-6-15(7-9-16)14-4-2-1-3-5-14/h1-9,12-13,17H,10-11H2. The zero-order valence-electron chi connectivity index (χ0n) is 12.2. The third-order valence-corrected chi connectivity index (χ3v) is 5.22. The van der Waals surface area contributed by atoms with E-state index in [9.17, 15) is 4.79 Å². The first kappa shape index (κ1) is 13.5. The van der Waals surface area contributed by atoms with Crippen molar-refractivity contribution in [1.82, 2.24) is 0 Å². The molecule has 0 radical (unpaired) electrons. The van der Waals surface area contributed by atoms with Crippen molar-refractivity contribution in [3.63, 3.8) is 0 Å². The van der Waals surface area contributed by atoms with Gasteiger partial charge in [0, 0.05) is 10.8 Å². The molecule has 0 amide bonds. The van der Waals surface area contributed by atoms with E-state index in [-0.39, 0.29) is 0 Å². The van der Waals surface area contributed by atoms with Crippen LogP contribution < -0.4 is 0 Å². The van der Waals surface area contributed by atoms with Gasteiger partial charge in [-0.2, -0.15) is 0 Å². The molecule has 22 heavy (non-hydrogen) atoms. The fourth-order valence-electron chi connectivity index (χ4n) is 2.63. The molecule has 1 fully saturated rings. The van der Waals surface area contributed by atoms with Gasteiger partial charge in [-0.15, -0.1) is 11.3 Å². The lowest BCUT2D eigenvalue weighted by molar-refractivity contribution is 0.0971. The van der Waals surface area contributed by atoms with E-state index in [2.05, 4.69) is 54.6 Å². The van der Waals surface area contributed by atoms with Gasteiger partial charge < -0.3 is 0 Å². The molecular formula is C20H16OS. The third kappa shape index (κ3) is 2.62. The van der Waals surface area contributed by atoms with Crippen molar-refractivity contribution in [3.05, 3.63) is 71.6 Å². The number of rotatable bonds is 4. The van der Waals surface area contributed by atoms with E-state index >= 15 is 0 Å². The van der Waals surface area contributed by atoms with Crippen LogP contribution >= 0.6 is 11.3 Å². The van der Waals surface area contributed by atoms with Crippen LogP contribution in [0.5, 0.6) is 0 Å². The zero-order chi connectivity index (χ0) is 14.9. The summed E-state index contributed by atoms with van der Waals surface area (Å²) < 4.78 is 0. The van der Waals surface area contributed by atoms with E-state index in [0.29, 0.717) is 11.7 Å². The molecule has 1 nitrogen and oxygen atoms in total. The Bertz CT molecular complexity index is 795. The van der Waals surface area contributed by atoms with Gasteiger partial charge in [0.25, 0.3) is 0 Å². The molecule has 1 heterocycles. The first-order valence-corrected chi connectivity index (χ1v) is 8.43. The van der Waals surface area contributed by atoms with Crippen LogP contribution in [0, 0.1) is 5.92 Å². The van der Waals surface area contributed by atoms with Gasteiger partial charge in [0.15, 0.2) is 5.78 Å².